The van der Waals surface area contributed by atoms with Crippen molar-refractivity contribution in [2.45, 2.75) is 44.7 Å². The summed E-state index contributed by atoms with van der Waals surface area (Å²) in [6, 6.07) is 6.56. The normalized spacial score (nSPS) is 19.6. The van der Waals surface area contributed by atoms with Crippen LogP contribution >= 0.6 is 0 Å². The van der Waals surface area contributed by atoms with Crippen LogP contribution in [0.5, 0.6) is 0 Å². The van der Waals surface area contributed by atoms with Crippen molar-refractivity contribution in [3.63, 3.8) is 0 Å². The Kier molecular flexibility index (Phi) is 4.96. The zero-order valence-corrected chi connectivity index (χ0v) is 12.3. The van der Waals surface area contributed by atoms with Crippen LogP contribution in [0.4, 0.5) is 0 Å². The van der Waals surface area contributed by atoms with E-state index in [1.54, 1.807) is 6.92 Å². The number of benzene rings is 1. The maximum Gasteiger partial charge on any atom is 0.323 e. The summed E-state index contributed by atoms with van der Waals surface area (Å²) < 4.78 is 5.12. The first kappa shape index (κ1) is 15.5. The number of carboxylic acid groups (broad SMARTS) is 1. The van der Waals surface area contributed by atoms with E-state index in [9.17, 15) is 9.59 Å². The number of carbonyl (C=O) groups is 2. The van der Waals surface area contributed by atoms with E-state index >= 15 is 0 Å². The molecule has 0 saturated carbocycles. The maximum atomic E-state index is 12.2. The third kappa shape index (κ3) is 3.42. The van der Waals surface area contributed by atoms with Crippen molar-refractivity contribution in [1.29, 1.82) is 0 Å². The summed E-state index contributed by atoms with van der Waals surface area (Å²) in [6.07, 6.45) is 1.72. The van der Waals surface area contributed by atoms with E-state index in [1.165, 1.54) is 12.5 Å². The second-order valence-electron chi connectivity index (χ2n) is 5.30. The van der Waals surface area contributed by atoms with Gasteiger partial charge in [-0.25, -0.2) is 0 Å². The zero-order valence-electron chi connectivity index (χ0n) is 12.3. The predicted molar refractivity (Wildman–Crippen MR) is 78.2 cm³/mol. The molecule has 0 saturated heterocycles. The molecule has 2 unspecified atom stereocenters. The first-order valence-corrected chi connectivity index (χ1v) is 7.27. The van der Waals surface area contributed by atoms with Crippen LogP contribution in [0.3, 0.4) is 0 Å². The standard InChI is InChI=1S/C16H21NO4/c1-3-21-16(20)14(17-10(2)15(18)19)13-9-8-11-6-4-5-7-12(11)13/h4-7,10,13-14,17H,3,8-9H2,1-2H3,(H,18,19)/t10-,13?,14?/m0/s1. The number of rotatable bonds is 6. The molecule has 3 atom stereocenters. The van der Waals surface area contributed by atoms with E-state index in [0.717, 1.165) is 18.4 Å². The van der Waals surface area contributed by atoms with E-state index in [4.69, 9.17) is 9.84 Å². The van der Waals surface area contributed by atoms with Crippen molar-refractivity contribution in [2.75, 3.05) is 6.61 Å². The molecule has 0 amide bonds. The van der Waals surface area contributed by atoms with Gasteiger partial charge in [-0.1, -0.05) is 24.3 Å². The van der Waals surface area contributed by atoms with Gasteiger partial charge >= 0.3 is 11.9 Å². The van der Waals surface area contributed by atoms with Crippen molar-refractivity contribution in [3.8, 4) is 0 Å². The molecule has 2 rings (SSSR count). The lowest BCUT2D eigenvalue weighted by atomic mass is 9.92. The Balaban J connectivity index is 2.24. The monoisotopic (exact) mass is 291 g/mol. The number of carbonyl (C=O) groups excluding carboxylic acids is 1. The highest BCUT2D eigenvalue weighted by Gasteiger charge is 2.36. The van der Waals surface area contributed by atoms with Crippen LogP contribution in [-0.2, 0) is 20.7 Å². The number of hydrogen-bond donors (Lipinski definition) is 2. The summed E-state index contributed by atoms with van der Waals surface area (Å²) >= 11 is 0. The third-order valence-corrected chi connectivity index (χ3v) is 3.92. The summed E-state index contributed by atoms with van der Waals surface area (Å²) in [5, 5.41) is 12.0. The smallest absolute Gasteiger partial charge is 0.323 e. The number of aryl methyl sites for hydroxylation is 1. The molecule has 1 aromatic carbocycles. The fourth-order valence-corrected chi connectivity index (χ4v) is 2.86. The molecular formula is C16H21NO4. The summed E-state index contributed by atoms with van der Waals surface area (Å²) in [5.41, 5.74) is 2.34. The number of ether oxygens (including phenoxy) is 1. The van der Waals surface area contributed by atoms with Gasteiger partial charge in [0.05, 0.1) is 6.61 Å². The SMILES string of the molecule is CCOC(=O)C(N[C@@H](C)C(=O)O)C1CCc2ccccc21. The molecule has 0 aliphatic heterocycles. The lowest BCUT2D eigenvalue weighted by Crippen LogP contribution is -2.49. The van der Waals surface area contributed by atoms with Gasteiger partial charge in [-0.3, -0.25) is 14.9 Å². The Morgan fingerprint density at radius 1 is 1.43 bits per heavy atom. The lowest BCUT2D eigenvalue weighted by molar-refractivity contribution is -0.147. The second-order valence-corrected chi connectivity index (χ2v) is 5.30. The second kappa shape index (κ2) is 6.72. The number of esters is 1. The highest BCUT2D eigenvalue weighted by Crippen LogP contribution is 2.35. The molecule has 0 aromatic heterocycles. The molecule has 2 N–H and O–H groups in total. The van der Waals surface area contributed by atoms with Gasteiger partial charge in [-0.05, 0) is 37.8 Å². The van der Waals surface area contributed by atoms with Crippen LogP contribution < -0.4 is 5.32 Å². The van der Waals surface area contributed by atoms with Crippen LogP contribution in [-0.4, -0.2) is 35.7 Å². The Labute approximate surface area is 124 Å². The summed E-state index contributed by atoms with van der Waals surface area (Å²) in [5.74, 6) is -1.40. The number of aliphatic carboxylic acids is 1. The Morgan fingerprint density at radius 2 is 2.14 bits per heavy atom. The number of nitrogens with one attached hydrogen (secondary N) is 1. The average Bonchev–Trinajstić information content (AvgIpc) is 2.88. The first-order chi connectivity index (χ1) is 10.0. The summed E-state index contributed by atoms with van der Waals surface area (Å²) in [4.78, 5) is 23.3. The van der Waals surface area contributed by atoms with Crippen LogP contribution in [0.25, 0.3) is 0 Å². The Morgan fingerprint density at radius 3 is 2.81 bits per heavy atom. The number of carboxylic acids is 1. The third-order valence-electron chi connectivity index (χ3n) is 3.92. The van der Waals surface area contributed by atoms with Crippen LogP contribution in [0.15, 0.2) is 24.3 Å². The minimum atomic E-state index is -0.976. The maximum absolute atomic E-state index is 12.2. The van der Waals surface area contributed by atoms with Gasteiger partial charge < -0.3 is 9.84 Å². The molecule has 114 valence electrons. The minimum absolute atomic E-state index is 0.0398. The van der Waals surface area contributed by atoms with Crippen LogP contribution in [0.2, 0.25) is 0 Å². The van der Waals surface area contributed by atoms with Gasteiger partial charge in [-0.15, -0.1) is 0 Å². The molecule has 0 spiro atoms. The van der Waals surface area contributed by atoms with Crippen molar-refractivity contribution < 1.29 is 19.4 Å². The van der Waals surface area contributed by atoms with Crippen molar-refractivity contribution in [1.82, 2.24) is 5.32 Å². The zero-order chi connectivity index (χ0) is 15.4. The van der Waals surface area contributed by atoms with Crippen molar-refractivity contribution in [2.24, 2.45) is 0 Å². The van der Waals surface area contributed by atoms with Gasteiger partial charge in [-0.2, -0.15) is 0 Å². The summed E-state index contributed by atoms with van der Waals surface area (Å²) in [6.45, 7) is 3.57. The first-order valence-electron chi connectivity index (χ1n) is 7.27. The molecule has 1 aromatic rings. The van der Waals surface area contributed by atoms with Gasteiger partial charge in [0.1, 0.15) is 12.1 Å². The number of hydrogen-bond acceptors (Lipinski definition) is 4. The minimum Gasteiger partial charge on any atom is -0.480 e. The molecule has 5 nitrogen and oxygen atoms in total. The molecular weight excluding hydrogens is 270 g/mol. The fourth-order valence-electron chi connectivity index (χ4n) is 2.86. The molecule has 21 heavy (non-hydrogen) atoms. The molecule has 1 aliphatic carbocycles. The van der Waals surface area contributed by atoms with E-state index in [1.807, 2.05) is 18.2 Å². The topological polar surface area (TPSA) is 75.6 Å². The van der Waals surface area contributed by atoms with Gasteiger partial charge in [0.15, 0.2) is 0 Å². The van der Waals surface area contributed by atoms with Crippen LogP contribution in [0.1, 0.15) is 37.3 Å². The predicted octanol–water partition coefficient (Wildman–Crippen LogP) is 1.71. The van der Waals surface area contributed by atoms with E-state index in [-0.39, 0.29) is 18.5 Å². The van der Waals surface area contributed by atoms with Crippen LogP contribution in [0, 0.1) is 0 Å². The molecule has 0 radical (unpaired) electrons. The Bertz CT molecular complexity index is 529. The van der Waals surface area contributed by atoms with Crippen molar-refractivity contribution >= 4 is 11.9 Å². The van der Waals surface area contributed by atoms with Gasteiger partial charge in [0.25, 0.3) is 0 Å². The fraction of sp³-hybridized carbons (Fsp3) is 0.500. The molecule has 0 bridgehead atoms. The molecule has 5 heteroatoms. The van der Waals surface area contributed by atoms with E-state index in [2.05, 4.69) is 11.4 Å². The van der Waals surface area contributed by atoms with Gasteiger partial charge in [0.2, 0.25) is 0 Å². The summed E-state index contributed by atoms with van der Waals surface area (Å²) in [7, 11) is 0. The highest BCUT2D eigenvalue weighted by molar-refractivity contribution is 5.80. The Hall–Kier alpha value is -1.88. The van der Waals surface area contributed by atoms with E-state index < -0.39 is 18.1 Å². The van der Waals surface area contributed by atoms with E-state index in [0.29, 0.717) is 0 Å². The lowest BCUT2D eigenvalue weighted by Gasteiger charge is -2.25. The van der Waals surface area contributed by atoms with Gasteiger partial charge in [0, 0.05) is 5.92 Å². The average molecular weight is 291 g/mol. The largest absolute Gasteiger partial charge is 0.480 e. The highest BCUT2D eigenvalue weighted by atomic mass is 16.5. The van der Waals surface area contributed by atoms with Crippen molar-refractivity contribution in [3.05, 3.63) is 35.4 Å². The molecule has 0 heterocycles. The molecule has 1 aliphatic rings. The quantitative estimate of drug-likeness (QED) is 0.780. The number of fused-ring (bicyclic) bond motifs is 1. The molecule has 0 fully saturated rings.